The van der Waals surface area contributed by atoms with E-state index in [1.54, 1.807) is 11.8 Å². The molecule has 1 aliphatic rings. The number of nitrogens with one attached hydrogen (secondary N) is 2. The minimum absolute atomic E-state index is 0.130. The number of aromatic hydroxyl groups is 1. The molecule has 0 unspecified atom stereocenters. The topological polar surface area (TPSA) is 44.3 Å². The largest absolute Gasteiger partial charge is 0.507 e. The van der Waals surface area contributed by atoms with Gasteiger partial charge < -0.3 is 5.11 Å². The summed E-state index contributed by atoms with van der Waals surface area (Å²) in [6.45, 7) is 14.8. The zero-order chi connectivity index (χ0) is 18.1. The van der Waals surface area contributed by atoms with E-state index < -0.39 is 0 Å². The van der Waals surface area contributed by atoms with Crippen LogP contribution < -0.4 is 10.6 Å². The molecular weight excluding hydrogens is 336 g/mol. The van der Waals surface area contributed by atoms with Crippen molar-refractivity contribution in [2.24, 2.45) is 0 Å². The van der Waals surface area contributed by atoms with E-state index in [1.807, 2.05) is 0 Å². The number of hydrogen-bond donors (Lipinski definition) is 3. The van der Waals surface area contributed by atoms with Crippen LogP contribution in [-0.4, -0.2) is 34.3 Å². The van der Waals surface area contributed by atoms with Crippen LogP contribution >= 0.6 is 24.0 Å². The van der Waals surface area contributed by atoms with E-state index >= 15 is 0 Å². The smallest absolute Gasteiger partial charge is 0.123 e. The zero-order valence-corrected chi connectivity index (χ0v) is 17.3. The summed E-state index contributed by atoms with van der Waals surface area (Å²) >= 11 is 7.39. The molecule has 1 heterocycles. The molecule has 0 aromatic heterocycles. The molecule has 1 saturated heterocycles. The summed E-state index contributed by atoms with van der Waals surface area (Å²) in [5.41, 5.74) is 2.71. The predicted octanol–water partition coefficient (Wildman–Crippen LogP) is 3.91. The minimum Gasteiger partial charge on any atom is -0.507 e. The molecule has 3 N–H and O–H groups in total. The molecule has 1 aromatic carbocycles. The van der Waals surface area contributed by atoms with Crippen molar-refractivity contribution in [2.45, 2.75) is 58.5 Å². The normalized spacial score (nSPS) is 16.6. The Balaban J connectivity index is 2.33. The monoisotopic (exact) mass is 366 g/mol. The molecule has 134 valence electrons. The fraction of sp³-hybridized carbons (Fsp3) is 0.632. The Hall–Kier alpha value is -0.620. The van der Waals surface area contributed by atoms with Gasteiger partial charge in [-0.1, -0.05) is 53.8 Å². The number of rotatable bonds is 3. The second-order valence-corrected chi connectivity index (χ2v) is 10.2. The van der Waals surface area contributed by atoms with E-state index in [0.29, 0.717) is 11.9 Å². The molecule has 24 heavy (non-hydrogen) atoms. The Morgan fingerprint density at radius 1 is 1.08 bits per heavy atom. The van der Waals surface area contributed by atoms with Crippen LogP contribution in [0, 0.1) is 0 Å². The van der Waals surface area contributed by atoms with Gasteiger partial charge in [0.15, 0.2) is 0 Å². The molecule has 5 heteroatoms. The highest BCUT2D eigenvalue weighted by Crippen LogP contribution is 2.40. The van der Waals surface area contributed by atoms with Crippen LogP contribution in [0.25, 0.3) is 0 Å². The van der Waals surface area contributed by atoms with E-state index in [4.69, 9.17) is 12.2 Å². The SMILES string of the molecule is CC(C)(C)c1cc(C(=S)SCC2NCCN2)cc(C(C)(C)C)c1O. The molecule has 2 rings (SSSR count). The van der Waals surface area contributed by atoms with Gasteiger partial charge in [0, 0.05) is 30.0 Å². The predicted molar refractivity (Wildman–Crippen MR) is 109 cm³/mol. The Labute approximate surface area is 156 Å². The third-order valence-electron chi connectivity index (χ3n) is 4.25. The van der Waals surface area contributed by atoms with Crippen molar-refractivity contribution in [1.82, 2.24) is 10.6 Å². The first-order chi connectivity index (χ1) is 11.0. The number of phenols is 1. The fourth-order valence-electron chi connectivity index (χ4n) is 2.82. The molecule has 1 aliphatic heterocycles. The summed E-state index contributed by atoms with van der Waals surface area (Å²) in [6, 6.07) is 4.13. The van der Waals surface area contributed by atoms with Gasteiger partial charge in [0.25, 0.3) is 0 Å². The second kappa shape index (κ2) is 7.32. The van der Waals surface area contributed by atoms with Crippen molar-refractivity contribution in [3.05, 3.63) is 28.8 Å². The van der Waals surface area contributed by atoms with E-state index in [1.165, 1.54) is 0 Å². The molecule has 0 radical (unpaired) electrons. The highest BCUT2D eigenvalue weighted by Gasteiger charge is 2.27. The van der Waals surface area contributed by atoms with Gasteiger partial charge in [-0.3, -0.25) is 10.6 Å². The van der Waals surface area contributed by atoms with Crippen molar-refractivity contribution in [3.8, 4) is 5.75 Å². The van der Waals surface area contributed by atoms with Crippen LogP contribution in [0.5, 0.6) is 5.75 Å². The zero-order valence-electron chi connectivity index (χ0n) is 15.6. The maximum atomic E-state index is 10.8. The van der Waals surface area contributed by atoms with E-state index in [0.717, 1.165) is 39.7 Å². The fourth-order valence-corrected chi connectivity index (χ4v) is 3.98. The summed E-state index contributed by atoms with van der Waals surface area (Å²) in [6.07, 6.45) is 0.328. The number of hydrogen-bond acceptors (Lipinski definition) is 5. The first kappa shape index (κ1) is 19.7. The lowest BCUT2D eigenvalue weighted by Gasteiger charge is -2.28. The van der Waals surface area contributed by atoms with Crippen molar-refractivity contribution < 1.29 is 5.11 Å². The van der Waals surface area contributed by atoms with Gasteiger partial charge in [0.1, 0.15) is 5.75 Å². The first-order valence-electron chi connectivity index (χ1n) is 8.52. The van der Waals surface area contributed by atoms with Crippen LogP contribution in [0.3, 0.4) is 0 Å². The molecule has 0 atom stereocenters. The van der Waals surface area contributed by atoms with Crippen LogP contribution in [0.2, 0.25) is 0 Å². The van der Waals surface area contributed by atoms with Gasteiger partial charge >= 0.3 is 0 Å². The average molecular weight is 367 g/mol. The van der Waals surface area contributed by atoms with E-state index in [9.17, 15) is 5.11 Å². The van der Waals surface area contributed by atoms with Gasteiger partial charge in [0.05, 0.1) is 10.4 Å². The van der Waals surface area contributed by atoms with Crippen LogP contribution in [-0.2, 0) is 10.8 Å². The Kier molecular flexibility index (Phi) is 6.01. The molecule has 0 bridgehead atoms. The van der Waals surface area contributed by atoms with E-state index in [2.05, 4.69) is 64.3 Å². The quantitative estimate of drug-likeness (QED) is 0.708. The summed E-state index contributed by atoms with van der Waals surface area (Å²) in [4.78, 5) is 0. The molecule has 3 nitrogen and oxygen atoms in total. The van der Waals surface area contributed by atoms with Gasteiger partial charge in [-0.25, -0.2) is 0 Å². The Bertz CT molecular complexity index is 574. The number of benzene rings is 1. The van der Waals surface area contributed by atoms with Gasteiger partial charge in [-0.15, -0.1) is 11.8 Å². The van der Waals surface area contributed by atoms with Crippen LogP contribution in [0.15, 0.2) is 12.1 Å². The van der Waals surface area contributed by atoms with Gasteiger partial charge in [-0.05, 0) is 28.5 Å². The van der Waals surface area contributed by atoms with Crippen molar-refractivity contribution in [1.29, 1.82) is 0 Å². The third-order valence-corrected chi connectivity index (χ3v) is 5.84. The third kappa shape index (κ3) is 4.72. The molecule has 0 saturated carbocycles. The molecule has 0 spiro atoms. The second-order valence-electron chi connectivity index (χ2n) is 8.48. The Morgan fingerprint density at radius 2 is 1.54 bits per heavy atom. The summed E-state index contributed by atoms with van der Waals surface area (Å²) in [5.74, 6) is 1.32. The summed E-state index contributed by atoms with van der Waals surface area (Å²) < 4.78 is 0.890. The standard InChI is InChI=1S/C19H30N2OS2/c1-18(2,3)13-9-12(10-14(16(13)22)19(4,5)6)17(23)24-11-15-20-7-8-21-15/h9-10,15,20-22H,7-8,11H2,1-6H3. The van der Waals surface area contributed by atoms with Crippen molar-refractivity contribution >= 4 is 28.2 Å². The number of thiocarbonyl (C=S) groups is 1. The van der Waals surface area contributed by atoms with E-state index in [-0.39, 0.29) is 10.8 Å². The lowest BCUT2D eigenvalue weighted by Crippen LogP contribution is -2.33. The maximum absolute atomic E-state index is 10.8. The lowest BCUT2D eigenvalue weighted by atomic mass is 9.78. The maximum Gasteiger partial charge on any atom is 0.123 e. The van der Waals surface area contributed by atoms with Crippen LogP contribution in [0.4, 0.5) is 0 Å². The van der Waals surface area contributed by atoms with Crippen molar-refractivity contribution in [2.75, 3.05) is 18.8 Å². The van der Waals surface area contributed by atoms with Crippen LogP contribution in [0.1, 0.15) is 58.2 Å². The van der Waals surface area contributed by atoms with Gasteiger partial charge in [-0.2, -0.15) is 0 Å². The number of phenolic OH excluding ortho intramolecular Hbond substituents is 1. The minimum atomic E-state index is -0.130. The molecule has 1 fully saturated rings. The molecule has 1 aromatic rings. The summed E-state index contributed by atoms with van der Waals surface area (Å²) in [7, 11) is 0. The lowest BCUT2D eigenvalue weighted by molar-refractivity contribution is 0.423. The molecule has 0 amide bonds. The summed E-state index contributed by atoms with van der Waals surface area (Å²) in [5, 5.41) is 17.6. The average Bonchev–Trinajstić information content (AvgIpc) is 2.95. The highest BCUT2D eigenvalue weighted by atomic mass is 32.2. The first-order valence-corrected chi connectivity index (χ1v) is 9.91. The Morgan fingerprint density at radius 3 is 1.96 bits per heavy atom. The molecular formula is C19H30N2OS2. The number of thioether (sulfide) groups is 1. The van der Waals surface area contributed by atoms with Gasteiger partial charge in [0.2, 0.25) is 0 Å². The molecule has 0 aliphatic carbocycles. The van der Waals surface area contributed by atoms with Crippen molar-refractivity contribution in [3.63, 3.8) is 0 Å². The highest BCUT2D eigenvalue weighted by molar-refractivity contribution is 8.23.